The number of nitrogens with zero attached hydrogens (tertiary/aromatic N) is 1. The maximum absolute atomic E-state index is 11.8. The van der Waals surface area contributed by atoms with Crippen LogP contribution >= 0.6 is 7.82 Å². The topological polar surface area (TPSA) is 107 Å². The summed E-state index contributed by atoms with van der Waals surface area (Å²) >= 11 is 0. The third kappa shape index (κ3) is 2.74. The van der Waals surface area contributed by atoms with Gasteiger partial charge in [0.2, 0.25) is 13.6 Å². The highest BCUT2D eigenvalue weighted by Gasteiger charge is 2.47. The predicted octanol–water partition coefficient (Wildman–Crippen LogP) is 2.45. The van der Waals surface area contributed by atoms with Gasteiger partial charge in [-0.2, -0.15) is 0 Å². The van der Waals surface area contributed by atoms with E-state index in [1.54, 1.807) is 0 Å². The molecule has 0 bridgehead atoms. The molecule has 1 aliphatic carbocycles. The molecule has 6 rings (SSSR count). The van der Waals surface area contributed by atoms with Crippen LogP contribution in [0.5, 0.6) is 23.0 Å². The summed E-state index contributed by atoms with van der Waals surface area (Å²) in [7, 11) is -2.71. The lowest BCUT2D eigenvalue weighted by Gasteiger charge is -2.47. The average molecular weight is 433 g/mol. The van der Waals surface area contributed by atoms with E-state index < -0.39 is 13.9 Å². The number of phosphoric ester groups is 1. The molecule has 0 amide bonds. The fraction of sp³-hybridized carbons (Fsp3) is 0.400. The molecule has 158 valence electrons. The molecule has 3 heterocycles. The molecule has 30 heavy (non-hydrogen) atoms. The highest BCUT2D eigenvalue weighted by atomic mass is 31.2. The van der Waals surface area contributed by atoms with Crippen LogP contribution in [0.25, 0.3) is 0 Å². The molecule has 9 nitrogen and oxygen atoms in total. The first-order valence-corrected chi connectivity index (χ1v) is 11.2. The van der Waals surface area contributed by atoms with Crippen LogP contribution in [0, 0.1) is 0 Å². The third-order valence-corrected chi connectivity index (χ3v) is 6.85. The zero-order valence-corrected chi connectivity index (χ0v) is 17.0. The van der Waals surface area contributed by atoms with Crippen molar-refractivity contribution in [1.82, 2.24) is 4.90 Å². The van der Waals surface area contributed by atoms with Gasteiger partial charge in [-0.05, 0) is 41.9 Å². The highest BCUT2D eigenvalue weighted by molar-refractivity contribution is 7.46. The smallest absolute Gasteiger partial charge is 0.454 e. The predicted molar refractivity (Wildman–Crippen MR) is 103 cm³/mol. The Kier molecular flexibility index (Phi) is 3.91. The molecule has 0 radical (unpaired) electrons. The molecule has 3 atom stereocenters. The minimum absolute atomic E-state index is 0.146. The van der Waals surface area contributed by atoms with Crippen LogP contribution in [-0.2, 0) is 22.1 Å². The molecule has 0 fully saturated rings. The summed E-state index contributed by atoms with van der Waals surface area (Å²) in [6, 6.07) is 7.55. The van der Waals surface area contributed by atoms with Crippen LogP contribution < -0.4 is 18.9 Å². The molecule has 0 saturated heterocycles. The van der Waals surface area contributed by atoms with Crippen molar-refractivity contribution in [2.75, 3.05) is 20.6 Å². The Morgan fingerprint density at radius 1 is 1.03 bits per heavy atom. The maximum Gasteiger partial charge on any atom is 0.469 e. The molecule has 10 heteroatoms. The molecule has 0 spiro atoms. The van der Waals surface area contributed by atoms with Crippen LogP contribution in [0.1, 0.15) is 34.2 Å². The van der Waals surface area contributed by atoms with E-state index in [1.165, 1.54) is 0 Å². The summed E-state index contributed by atoms with van der Waals surface area (Å²) < 4.78 is 39.5. The molecule has 2 N–H and O–H groups in total. The van der Waals surface area contributed by atoms with Gasteiger partial charge in [0.25, 0.3) is 0 Å². The lowest BCUT2D eigenvalue weighted by Crippen LogP contribution is -2.44. The molecular formula is C20H20NO8P. The van der Waals surface area contributed by atoms with E-state index in [4.69, 9.17) is 23.5 Å². The number of hydrogen-bond donors (Lipinski definition) is 2. The summed E-state index contributed by atoms with van der Waals surface area (Å²) in [6.07, 6.45) is -0.370. The van der Waals surface area contributed by atoms with E-state index >= 15 is 0 Å². The number of benzene rings is 2. The van der Waals surface area contributed by atoms with Crippen molar-refractivity contribution in [2.45, 2.75) is 31.0 Å². The van der Waals surface area contributed by atoms with Crippen molar-refractivity contribution < 1.29 is 37.8 Å². The minimum atomic E-state index is -4.70. The second-order valence-electron chi connectivity index (χ2n) is 8.00. The molecule has 2 aromatic carbocycles. The molecule has 3 aliphatic heterocycles. The van der Waals surface area contributed by atoms with Crippen LogP contribution in [0.15, 0.2) is 24.3 Å². The highest BCUT2D eigenvalue weighted by Crippen LogP contribution is 2.56. The van der Waals surface area contributed by atoms with Gasteiger partial charge < -0.3 is 28.7 Å². The van der Waals surface area contributed by atoms with E-state index in [0.29, 0.717) is 36.0 Å². The Hall–Kier alpha value is -2.29. The number of fused-ring (bicyclic) bond motifs is 8. The maximum atomic E-state index is 11.8. The summed E-state index contributed by atoms with van der Waals surface area (Å²) in [5.41, 5.74) is 3.93. The summed E-state index contributed by atoms with van der Waals surface area (Å²) in [5, 5.41) is 0. The zero-order valence-electron chi connectivity index (χ0n) is 16.1. The van der Waals surface area contributed by atoms with Crippen LogP contribution in [-0.4, -0.2) is 41.4 Å². The fourth-order valence-corrected chi connectivity index (χ4v) is 5.78. The van der Waals surface area contributed by atoms with Crippen molar-refractivity contribution in [3.63, 3.8) is 0 Å². The lowest BCUT2D eigenvalue weighted by atomic mass is 9.70. The van der Waals surface area contributed by atoms with Crippen molar-refractivity contribution in [3.8, 4) is 23.0 Å². The molecule has 0 aromatic heterocycles. The first kappa shape index (κ1) is 18.5. The first-order valence-electron chi connectivity index (χ1n) is 9.67. The van der Waals surface area contributed by atoms with Crippen LogP contribution in [0.2, 0.25) is 0 Å². The Morgan fingerprint density at radius 3 is 2.57 bits per heavy atom. The molecule has 2 aromatic rings. The zero-order chi connectivity index (χ0) is 20.6. The quantitative estimate of drug-likeness (QED) is 0.691. The first-order chi connectivity index (χ1) is 14.4. The Morgan fingerprint density at radius 2 is 1.77 bits per heavy atom. The van der Waals surface area contributed by atoms with Gasteiger partial charge >= 0.3 is 7.82 Å². The van der Waals surface area contributed by atoms with Gasteiger partial charge in [0.15, 0.2) is 23.0 Å². The monoisotopic (exact) mass is 433 g/mol. The number of rotatable bonds is 2. The standard InChI is InChI=1S/C20H20NO8P/c1-21-7-13-11(2-3-14-20(13)28-9-25-14)18-17(29-30(22,23)24)5-10-4-15-16(27-8-26-15)6-12(10)19(18)21/h2-4,6,17-19H,5,7-9H2,1H3,(H2,22,23,24). The largest absolute Gasteiger partial charge is 0.469 e. The van der Waals surface area contributed by atoms with Gasteiger partial charge in [-0.1, -0.05) is 6.07 Å². The van der Waals surface area contributed by atoms with Gasteiger partial charge in [0, 0.05) is 30.5 Å². The Labute approximate surface area is 172 Å². The average Bonchev–Trinajstić information content (AvgIpc) is 3.33. The van der Waals surface area contributed by atoms with Crippen LogP contribution in [0.4, 0.5) is 0 Å². The number of phosphoric acid groups is 1. The van der Waals surface area contributed by atoms with Crippen molar-refractivity contribution >= 4 is 7.82 Å². The van der Waals surface area contributed by atoms with Gasteiger partial charge in [-0.3, -0.25) is 9.42 Å². The Bertz CT molecular complexity index is 1100. The molecule has 3 unspecified atom stereocenters. The summed E-state index contributed by atoms with van der Waals surface area (Å²) in [6.45, 7) is 0.939. The minimum Gasteiger partial charge on any atom is -0.454 e. The summed E-state index contributed by atoms with van der Waals surface area (Å²) in [5.74, 6) is 2.42. The molecule has 0 saturated carbocycles. The SMILES string of the molecule is CN1Cc2c(ccc3c2OCO3)C2C(OP(=O)(O)O)Cc3cc4c(cc3C21)OCO4. The second kappa shape index (κ2) is 6.35. The number of likely N-dealkylation sites (N-methyl/N-ethyl adjacent to an activating group) is 1. The number of ether oxygens (including phenoxy) is 4. The van der Waals surface area contributed by atoms with E-state index in [0.717, 1.165) is 22.3 Å². The van der Waals surface area contributed by atoms with Gasteiger partial charge in [0.1, 0.15) is 0 Å². The van der Waals surface area contributed by atoms with E-state index in [-0.39, 0.29) is 25.5 Å². The van der Waals surface area contributed by atoms with Crippen LogP contribution in [0.3, 0.4) is 0 Å². The van der Waals surface area contributed by atoms with Crippen molar-refractivity contribution in [1.29, 1.82) is 0 Å². The normalized spacial score (nSPS) is 26.2. The van der Waals surface area contributed by atoms with Gasteiger partial charge in [0.05, 0.1) is 6.10 Å². The third-order valence-electron chi connectivity index (χ3n) is 6.31. The number of hydrogen-bond acceptors (Lipinski definition) is 7. The summed E-state index contributed by atoms with van der Waals surface area (Å²) in [4.78, 5) is 21.4. The van der Waals surface area contributed by atoms with E-state index in [9.17, 15) is 14.4 Å². The lowest BCUT2D eigenvalue weighted by molar-refractivity contribution is 0.0523. The molecular weight excluding hydrogens is 413 g/mol. The van der Waals surface area contributed by atoms with Crippen molar-refractivity contribution in [2.24, 2.45) is 0 Å². The van der Waals surface area contributed by atoms with E-state index in [1.807, 2.05) is 31.3 Å². The van der Waals surface area contributed by atoms with Gasteiger partial charge in [-0.25, -0.2) is 4.57 Å². The Balaban J connectivity index is 1.54. The van der Waals surface area contributed by atoms with Crippen molar-refractivity contribution in [3.05, 3.63) is 46.5 Å². The van der Waals surface area contributed by atoms with Gasteiger partial charge in [-0.15, -0.1) is 0 Å². The second-order valence-corrected chi connectivity index (χ2v) is 9.19. The molecule has 4 aliphatic rings. The fourth-order valence-electron chi connectivity index (χ4n) is 5.22. The van der Waals surface area contributed by atoms with E-state index in [2.05, 4.69) is 4.90 Å².